The number of benzene rings is 2. The first-order chi connectivity index (χ1) is 14.5. The van der Waals surface area contributed by atoms with Crippen LogP contribution in [0.2, 0.25) is 0 Å². The third-order valence-corrected chi connectivity index (χ3v) is 4.92. The molecule has 0 fully saturated rings. The molecule has 8 heteroatoms. The number of hydrogen-bond donors (Lipinski definition) is 4. The molecule has 4 N–H and O–H groups in total. The van der Waals surface area contributed by atoms with E-state index in [1.807, 2.05) is 0 Å². The predicted octanol–water partition coefficient (Wildman–Crippen LogP) is 3.12. The summed E-state index contributed by atoms with van der Waals surface area (Å²) in [6, 6.07) is 6.87. The van der Waals surface area contributed by atoms with Crippen molar-refractivity contribution in [2.75, 3.05) is 13.2 Å². The van der Waals surface area contributed by atoms with Crippen LogP contribution >= 0.6 is 0 Å². The Hall–Kier alpha value is -3.55. The zero-order chi connectivity index (χ0) is 21.5. The topological polar surface area (TPSA) is 125 Å². The minimum Gasteiger partial charge on any atom is -0.507 e. The highest BCUT2D eigenvalue weighted by Gasteiger charge is 2.19. The van der Waals surface area contributed by atoms with Crippen LogP contribution in [0.5, 0.6) is 11.5 Å². The molecule has 0 unspecified atom stereocenters. The second kappa shape index (κ2) is 9.78. The van der Waals surface area contributed by atoms with Gasteiger partial charge in [0.1, 0.15) is 17.1 Å². The maximum absolute atomic E-state index is 12.2. The number of rotatable bonds is 6. The number of ether oxygens (including phenoxy) is 1. The van der Waals surface area contributed by atoms with E-state index in [0.29, 0.717) is 11.9 Å². The van der Waals surface area contributed by atoms with Crippen LogP contribution in [0, 0.1) is 0 Å². The molecule has 30 heavy (non-hydrogen) atoms. The SMILES string of the molecule is O=C(COC(=O)c1cc(O)c2ccccc2c1O)NC(=O)NCCC1=CCCCC1. The van der Waals surface area contributed by atoms with E-state index < -0.39 is 24.5 Å². The summed E-state index contributed by atoms with van der Waals surface area (Å²) in [6.45, 7) is -0.292. The highest BCUT2D eigenvalue weighted by Crippen LogP contribution is 2.35. The van der Waals surface area contributed by atoms with E-state index in [0.717, 1.165) is 31.7 Å². The first-order valence-electron chi connectivity index (χ1n) is 9.82. The molecule has 0 aliphatic heterocycles. The lowest BCUT2D eigenvalue weighted by Gasteiger charge is -2.13. The number of allylic oxidation sites excluding steroid dienone is 1. The second-order valence-electron chi connectivity index (χ2n) is 7.08. The Balaban J connectivity index is 1.48. The van der Waals surface area contributed by atoms with E-state index in [1.54, 1.807) is 24.3 Å². The van der Waals surface area contributed by atoms with Crippen LogP contribution in [0.4, 0.5) is 4.79 Å². The van der Waals surface area contributed by atoms with Crippen LogP contribution in [0.15, 0.2) is 42.0 Å². The summed E-state index contributed by atoms with van der Waals surface area (Å²) < 4.78 is 4.86. The number of carbonyl (C=O) groups is 3. The number of imide groups is 1. The zero-order valence-corrected chi connectivity index (χ0v) is 16.4. The largest absolute Gasteiger partial charge is 0.507 e. The smallest absolute Gasteiger partial charge is 0.342 e. The van der Waals surface area contributed by atoms with Gasteiger partial charge in [-0.2, -0.15) is 0 Å². The number of nitrogens with one attached hydrogen (secondary N) is 2. The average Bonchev–Trinajstić information content (AvgIpc) is 2.75. The van der Waals surface area contributed by atoms with Gasteiger partial charge < -0.3 is 20.3 Å². The lowest BCUT2D eigenvalue weighted by atomic mass is 9.97. The number of hydrogen-bond acceptors (Lipinski definition) is 6. The molecule has 3 amide bonds. The summed E-state index contributed by atoms with van der Waals surface area (Å²) in [5.74, 6) is -2.36. The standard InChI is InChI=1S/C22H24N2O6/c25-18-12-17(20(27)16-9-5-4-8-15(16)18)21(28)30-13-19(26)24-22(29)23-11-10-14-6-2-1-3-7-14/h4-6,8-9,12,25,27H,1-3,7,10-11,13H2,(H2,23,24,26,29). The Morgan fingerprint density at radius 2 is 1.83 bits per heavy atom. The van der Waals surface area contributed by atoms with Gasteiger partial charge in [0.15, 0.2) is 6.61 Å². The van der Waals surface area contributed by atoms with Gasteiger partial charge in [0, 0.05) is 17.3 Å². The van der Waals surface area contributed by atoms with Gasteiger partial charge in [-0.25, -0.2) is 9.59 Å². The van der Waals surface area contributed by atoms with Crippen molar-refractivity contribution < 1.29 is 29.3 Å². The lowest BCUT2D eigenvalue weighted by Crippen LogP contribution is -2.41. The Bertz CT molecular complexity index is 999. The third-order valence-electron chi connectivity index (χ3n) is 4.92. The van der Waals surface area contributed by atoms with Crippen molar-refractivity contribution in [1.82, 2.24) is 10.6 Å². The molecule has 0 atom stereocenters. The van der Waals surface area contributed by atoms with Crippen molar-refractivity contribution in [2.24, 2.45) is 0 Å². The maximum Gasteiger partial charge on any atom is 0.342 e. The van der Waals surface area contributed by atoms with Gasteiger partial charge in [-0.05, 0) is 38.2 Å². The number of urea groups is 1. The van der Waals surface area contributed by atoms with Gasteiger partial charge in [0.05, 0.1) is 0 Å². The van der Waals surface area contributed by atoms with Gasteiger partial charge in [-0.15, -0.1) is 0 Å². The molecule has 1 aliphatic rings. The molecule has 2 aromatic carbocycles. The van der Waals surface area contributed by atoms with Crippen LogP contribution in [0.25, 0.3) is 10.8 Å². The Morgan fingerprint density at radius 3 is 2.57 bits per heavy atom. The van der Waals surface area contributed by atoms with Crippen molar-refractivity contribution >= 4 is 28.7 Å². The summed E-state index contributed by atoms with van der Waals surface area (Å²) in [7, 11) is 0. The quantitative estimate of drug-likeness (QED) is 0.328. The molecule has 0 heterocycles. The van der Waals surface area contributed by atoms with Crippen LogP contribution in [0.1, 0.15) is 42.5 Å². The normalized spacial score (nSPS) is 13.4. The maximum atomic E-state index is 12.2. The van der Waals surface area contributed by atoms with Crippen LogP contribution in [-0.4, -0.2) is 41.3 Å². The molecule has 0 saturated carbocycles. The van der Waals surface area contributed by atoms with Crippen LogP contribution in [0.3, 0.4) is 0 Å². The highest BCUT2D eigenvalue weighted by atomic mass is 16.5. The van der Waals surface area contributed by atoms with Crippen LogP contribution < -0.4 is 10.6 Å². The molecule has 0 saturated heterocycles. The highest BCUT2D eigenvalue weighted by molar-refractivity contribution is 6.04. The van der Waals surface area contributed by atoms with Gasteiger partial charge in [0.25, 0.3) is 5.91 Å². The molecule has 8 nitrogen and oxygen atoms in total. The molecular formula is C22H24N2O6. The van der Waals surface area contributed by atoms with Crippen molar-refractivity contribution in [3.63, 3.8) is 0 Å². The van der Waals surface area contributed by atoms with E-state index in [1.165, 1.54) is 12.0 Å². The third kappa shape index (κ3) is 5.28. The number of fused-ring (bicyclic) bond motifs is 1. The fourth-order valence-electron chi connectivity index (χ4n) is 3.38. The fraction of sp³-hybridized carbons (Fsp3) is 0.318. The van der Waals surface area contributed by atoms with Crippen molar-refractivity contribution in [3.05, 3.63) is 47.5 Å². The predicted molar refractivity (Wildman–Crippen MR) is 110 cm³/mol. The van der Waals surface area contributed by atoms with E-state index in [4.69, 9.17) is 4.74 Å². The Labute approximate surface area is 173 Å². The number of esters is 1. The monoisotopic (exact) mass is 412 g/mol. The summed E-state index contributed by atoms with van der Waals surface area (Å²) in [4.78, 5) is 35.8. The Kier molecular flexibility index (Phi) is 6.90. The molecule has 0 aromatic heterocycles. The minimum atomic E-state index is -0.992. The van der Waals surface area contributed by atoms with E-state index >= 15 is 0 Å². The molecule has 1 aliphatic carbocycles. The van der Waals surface area contributed by atoms with Crippen LogP contribution in [-0.2, 0) is 9.53 Å². The number of aromatic hydroxyl groups is 2. The van der Waals surface area contributed by atoms with Gasteiger partial charge >= 0.3 is 12.0 Å². The lowest BCUT2D eigenvalue weighted by molar-refractivity contribution is -0.123. The number of carbonyl (C=O) groups excluding carboxylic acids is 3. The second-order valence-corrected chi connectivity index (χ2v) is 7.08. The van der Waals surface area contributed by atoms with E-state index in [2.05, 4.69) is 16.7 Å². The summed E-state index contributed by atoms with van der Waals surface area (Å²) in [5, 5.41) is 25.7. The molecule has 3 rings (SSSR count). The van der Waals surface area contributed by atoms with Gasteiger partial charge in [0.2, 0.25) is 0 Å². The van der Waals surface area contributed by atoms with Crippen molar-refractivity contribution in [3.8, 4) is 11.5 Å². The summed E-state index contributed by atoms with van der Waals surface area (Å²) in [6.07, 6.45) is 7.38. The van der Waals surface area contributed by atoms with Crippen molar-refractivity contribution in [1.29, 1.82) is 0 Å². The molecule has 0 radical (unpaired) electrons. The summed E-state index contributed by atoms with van der Waals surface area (Å²) >= 11 is 0. The minimum absolute atomic E-state index is 0.202. The fourth-order valence-corrected chi connectivity index (χ4v) is 3.38. The molecule has 158 valence electrons. The van der Waals surface area contributed by atoms with Gasteiger partial charge in [-0.1, -0.05) is 35.9 Å². The number of phenolic OH excluding ortho intramolecular Hbond substituents is 2. The molecule has 0 spiro atoms. The first-order valence-corrected chi connectivity index (χ1v) is 9.82. The molecule has 2 aromatic rings. The first kappa shape index (κ1) is 21.2. The average molecular weight is 412 g/mol. The van der Waals surface area contributed by atoms with E-state index in [9.17, 15) is 24.6 Å². The molecular weight excluding hydrogens is 388 g/mol. The van der Waals surface area contributed by atoms with E-state index in [-0.39, 0.29) is 22.4 Å². The van der Waals surface area contributed by atoms with Gasteiger partial charge in [-0.3, -0.25) is 10.1 Å². The number of phenols is 2. The van der Waals surface area contributed by atoms with Crippen molar-refractivity contribution in [2.45, 2.75) is 32.1 Å². The molecule has 0 bridgehead atoms. The number of amides is 3. The zero-order valence-electron chi connectivity index (χ0n) is 16.4. The summed E-state index contributed by atoms with van der Waals surface area (Å²) in [5.41, 5.74) is 1.03. The Morgan fingerprint density at radius 1 is 1.07 bits per heavy atom.